The Labute approximate surface area is 217 Å². The number of carboxylic acids is 1. The maximum absolute atomic E-state index is 13.0. The Hall–Kier alpha value is -4.52. The molecule has 0 fully saturated rings. The number of aliphatic hydroxyl groups excluding tert-OH is 1. The largest absolute Gasteiger partial charge is 0.480 e. The summed E-state index contributed by atoms with van der Waals surface area (Å²) in [4.78, 5) is 60.0. The van der Waals surface area contributed by atoms with Gasteiger partial charge in [-0.3, -0.25) is 19.7 Å². The van der Waals surface area contributed by atoms with Gasteiger partial charge in [-0.05, 0) is 25.0 Å². The molecule has 204 valence electrons. The zero-order valence-electron chi connectivity index (χ0n) is 20.7. The van der Waals surface area contributed by atoms with E-state index in [0.717, 1.165) is 12.1 Å². The first-order chi connectivity index (χ1) is 18.0. The van der Waals surface area contributed by atoms with Crippen LogP contribution < -0.4 is 10.6 Å². The molecule has 4 atom stereocenters. The van der Waals surface area contributed by atoms with Crippen molar-refractivity contribution < 1.29 is 43.8 Å². The molecule has 0 radical (unpaired) electrons. The van der Waals surface area contributed by atoms with Crippen molar-refractivity contribution in [2.45, 2.75) is 51.0 Å². The van der Waals surface area contributed by atoms with E-state index in [1.807, 2.05) is 0 Å². The number of carbonyl (C=O) groups is 4. The topological polar surface area (TPSA) is 194 Å². The predicted octanol–water partition coefficient (Wildman–Crippen LogP) is 1.88. The monoisotopic (exact) mass is 531 g/mol. The standard InChI is InChI=1S/C25H29N3O10/c1-3-37-20(30)13-19(17-9-11-18(12-10-17)28(35)36)22(24(32)33)26-23(31)21(15(2)29)27-25(34)38-14-16-7-5-4-6-8-16/h4-12,15,19,21-22,29H,3,13-14H2,1-2H3,(H,26,31)(H,27,34)(H,32,33)/t15-,19+,21+,22+/m1/s1. The number of nitrogens with one attached hydrogen (secondary N) is 2. The molecule has 2 rings (SSSR count). The summed E-state index contributed by atoms with van der Waals surface area (Å²) in [6.07, 6.45) is -2.95. The Morgan fingerprint density at radius 1 is 0.974 bits per heavy atom. The lowest BCUT2D eigenvalue weighted by Gasteiger charge is -2.27. The molecule has 0 aliphatic heterocycles. The van der Waals surface area contributed by atoms with E-state index in [1.165, 1.54) is 19.1 Å². The lowest BCUT2D eigenvalue weighted by Crippen LogP contribution is -2.57. The van der Waals surface area contributed by atoms with Gasteiger partial charge in [0, 0.05) is 18.1 Å². The van der Waals surface area contributed by atoms with Crippen LogP contribution >= 0.6 is 0 Å². The summed E-state index contributed by atoms with van der Waals surface area (Å²) in [5.74, 6) is -4.54. The highest BCUT2D eigenvalue weighted by molar-refractivity contribution is 5.90. The van der Waals surface area contributed by atoms with Gasteiger partial charge in [-0.25, -0.2) is 9.59 Å². The minimum atomic E-state index is -1.73. The Bertz CT molecular complexity index is 1120. The van der Waals surface area contributed by atoms with E-state index < -0.39 is 59.4 Å². The summed E-state index contributed by atoms with van der Waals surface area (Å²) in [6.45, 7) is 2.68. The molecule has 0 bridgehead atoms. The number of amides is 2. The summed E-state index contributed by atoms with van der Waals surface area (Å²) < 4.78 is 9.99. The third kappa shape index (κ3) is 8.85. The molecule has 0 saturated carbocycles. The number of hydrogen-bond acceptors (Lipinski definition) is 9. The van der Waals surface area contributed by atoms with Crippen LogP contribution in [0.4, 0.5) is 10.5 Å². The number of nitro groups is 1. The van der Waals surface area contributed by atoms with Gasteiger partial charge in [-0.1, -0.05) is 42.5 Å². The maximum atomic E-state index is 13.0. The van der Waals surface area contributed by atoms with Crippen LogP contribution in [0.1, 0.15) is 37.3 Å². The average molecular weight is 532 g/mol. The minimum Gasteiger partial charge on any atom is -0.480 e. The minimum absolute atomic E-state index is 0.0228. The van der Waals surface area contributed by atoms with Crippen LogP contribution in [0, 0.1) is 10.1 Å². The first-order valence-electron chi connectivity index (χ1n) is 11.6. The van der Waals surface area contributed by atoms with E-state index in [2.05, 4.69) is 10.6 Å². The number of hydrogen-bond donors (Lipinski definition) is 4. The maximum Gasteiger partial charge on any atom is 0.408 e. The van der Waals surface area contributed by atoms with E-state index in [9.17, 15) is 39.5 Å². The van der Waals surface area contributed by atoms with Crippen molar-refractivity contribution in [3.63, 3.8) is 0 Å². The number of nitro benzene ring substituents is 1. The molecule has 38 heavy (non-hydrogen) atoms. The summed E-state index contributed by atoms with van der Waals surface area (Å²) >= 11 is 0. The normalized spacial score (nSPS) is 13.8. The van der Waals surface area contributed by atoms with Crippen LogP contribution in [-0.2, 0) is 30.5 Å². The molecule has 0 aromatic heterocycles. The van der Waals surface area contributed by atoms with Gasteiger partial charge < -0.3 is 30.3 Å². The molecule has 4 N–H and O–H groups in total. The third-order valence-corrected chi connectivity index (χ3v) is 5.44. The zero-order chi connectivity index (χ0) is 28.2. The van der Waals surface area contributed by atoms with Gasteiger partial charge in [0.25, 0.3) is 5.69 Å². The number of rotatable bonds is 13. The first-order valence-corrected chi connectivity index (χ1v) is 11.6. The van der Waals surface area contributed by atoms with Crippen molar-refractivity contribution in [3.8, 4) is 0 Å². The highest BCUT2D eigenvalue weighted by Crippen LogP contribution is 2.27. The molecule has 2 aromatic rings. The fourth-order valence-electron chi connectivity index (χ4n) is 3.55. The van der Waals surface area contributed by atoms with E-state index in [-0.39, 0.29) is 24.5 Å². The van der Waals surface area contributed by atoms with Crippen LogP contribution in [-0.4, -0.2) is 63.9 Å². The Morgan fingerprint density at radius 3 is 2.13 bits per heavy atom. The molecule has 2 aromatic carbocycles. The fraction of sp³-hybridized carbons (Fsp3) is 0.360. The summed E-state index contributed by atoms with van der Waals surface area (Å²) in [5.41, 5.74) is 0.628. The smallest absolute Gasteiger partial charge is 0.408 e. The van der Waals surface area contributed by atoms with E-state index in [4.69, 9.17) is 9.47 Å². The van der Waals surface area contributed by atoms with E-state index >= 15 is 0 Å². The van der Waals surface area contributed by atoms with Crippen molar-refractivity contribution in [2.75, 3.05) is 6.61 Å². The van der Waals surface area contributed by atoms with Crippen LogP contribution in [0.25, 0.3) is 0 Å². The Kier molecular flexibility index (Phi) is 11.2. The molecule has 13 heteroatoms. The SMILES string of the molecule is CCOC(=O)C[C@@H](c1ccc([N+](=O)[O-])cc1)[C@H](NC(=O)[C@@H](NC(=O)OCc1ccccc1)[C@@H](C)O)C(=O)O. The third-order valence-electron chi connectivity index (χ3n) is 5.44. The first kappa shape index (κ1) is 29.7. The number of non-ortho nitro benzene ring substituents is 1. The number of carboxylic acid groups (broad SMARTS) is 1. The molecular formula is C25H29N3O10. The van der Waals surface area contributed by atoms with E-state index in [0.29, 0.717) is 5.56 Å². The van der Waals surface area contributed by atoms with Gasteiger partial charge in [0.15, 0.2) is 0 Å². The van der Waals surface area contributed by atoms with Crippen molar-refractivity contribution in [1.82, 2.24) is 10.6 Å². The summed E-state index contributed by atoms with van der Waals surface area (Å²) in [6, 6.07) is 10.2. The number of aliphatic carboxylic acids is 1. The van der Waals surface area contributed by atoms with Crippen LogP contribution in [0.3, 0.4) is 0 Å². The molecule has 0 aliphatic rings. The van der Waals surface area contributed by atoms with Gasteiger partial charge in [0.1, 0.15) is 18.7 Å². The van der Waals surface area contributed by atoms with E-state index in [1.54, 1.807) is 37.3 Å². The number of benzene rings is 2. The number of alkyl carbamates (subject to hydrolysis) is 1. The van der Waals surface area contributed by atoms with Crippen LogP contribution in [0.5, 0.6) is 0 Å². The number of ether oxygens (including phenoxy) is 2. The van der Waals surface area contributed by atoms with Crippen LogP contribution in [0.15, 0.2) is 54.6 Å². The summed E-state index contributed by atoms with van der Waals surface area (Å²) in [7, 11) is 0. The van der Waals surface area contributed by atoms with Gasteiger partial charge in [0.05, 0.1) is 24.1 Å². The number of esters is 1. The molecule has 2 amide bonds. The van der Waals surface area contributed by atoms with Gasteiger partial charge in [-0.15, -0.1) is 0 Å². The number of nitrogens with zero attached hydrogens (tertiary/aromatic N) is 1. The molecule has 0 spiro atoms. The lowest BCUT2D eigenvalue weighted by molar-refractivity contribution is -0.384. The van der Waals surface area contributed by atoms with Gasteiger partial charge >= 0.3 is 18.0 Å². The molecule has 13 nitrogen and oxygen atoms in total. The molecule has 0 aliphatic carbocycles. The lowest BCUT2D eigenvalue weighted by atomic mass is 9.88. The molecule has 0 unspecified atom stereocenters. The second kappa shape index (κ2) is 14.3. The predicted molar refractivity (Wildman–Crippen MR) is 132 cm³/mol. The number of aliphatic hydroxyl groups is 1. The Balaban J connectivity index is 2.23. The molecule has 0 saturated heterocycles. The highest BCUT2D eigenvalue weighted by Gasteiger charge is 2.36. The molecular weight excluding hydrogens is 502 g/mol. The van der Waals surface area contributed by atoms with Crippen molar-refractivity contribution in [3.05, 3.63) is 75.8 Å². The second-order valence-corrected chi connectivity index (χ2v) is 8.21. The van der Waals surface area contributed by atoms with Crippen molar-refractivity contribution in [2.24, 2.45) is 0 Å². The second-order valence-electron chi connectivity index (χ2n) is 8.21. The van der Waals surface area contributed by atoms with Crippen LogP contribution in [0.2, 0.25) is 0 Å². The van der Waals surface area contributed by atoms with Crippen molar-refractivity contribution >= 4 is 29.6 Å². The number of carbonyl (C=O) groups excluding carboxylic acids is 3. The zero-order valence-corrected chi connectivity index (χ0v) is 20.7. The fourth-order valence-corrected chi connectivity index (χ4v) is 3.55. The van der Waals surface area contributed by atoms with Gasteiger partial charge in [-0.2, -0.15) is 0 Å². The quantitative estimate of drug-likeness (QED) is 0.168. The average Bonchev–Trinajstić information content (AvgIpc) is 2.88. The van der Waals surface area contributed by atoms with Crippen molar-refractivity contribution in [1.29, 1.82) is 0 Å². The Morgan fingerprint density at radius 2 is 1.61 bits per heavy atom. The van der Waals surface area contributed by atoms with Gasteiger partial charge in [0.2, 0.25) is 5.91 Å². The summed E-state index contributed by atoms with van der Waals surface area (Å²) in [5, 5.41) is 35.5. The highest BCUT2D eigenvalue weighted by atomic mass is 16.6. The molecule has 0 heterocycles.